The van der Waals surface area contributed by atoms with Crippen LogP contribution in [0.2, 0.25) is 0 Å². The summed E-state index contributed by atoms with van der Waals surface area (Å²) < 4.78 is 45.6. The van der Waals surface area contributed by atoms with Crippen molar-refractivity contribution in [3.8, 4) is 5.69 Å². The van der Waals surface area contributed by atoms with E-state index in [2.05, 4.69) is 20.1 Å². The molecule has 0 saturated carbocycles. The largest absolute Gasteiger partial charge is 0.465 e. The Morgan fingerprint density at radius 2 is 2.00 bits per heavy atom. The molecular weight excluding hydrogens is 453 g/mol. The van der Waals surface area contributed by atoms with Crippen LogP contribution < -0.4 is 10.9 Å². The van der Waals surface area contributed by atoms with Gasteiger partial charge in [-0.15, -0.1) is 0 Å². The van der Waals surface area contributed by atoms with Crippen LogP contribution in [0.3, 0.4) is 0 Å². The van der Waals surface area contributed by atoms with Crippen LogP contribution in [0.4, 0.5) is 24.5 Å². The van der Waals surface area contributed by atoms with Gasteiger partial charge in [-0.1, -0.05) is 0 Å². The molecule has 2 aromatic heterocycles. The molecule has 1 amide bonds. The molecule has 12 nitrogen and oxygen atoms in total. The number of nitrogens with zero attached hydrogens (tertiary/aromatic N) is 5. The van der Waals surface area contributed by atoms with Crippen molar-refractivity contribution in [2.45, 2.75) is 12.7 Å². The molecule has 2 heterocycles. The van der Waals surface area contributed by atoms with Gasteiger partial charge in [-0.25, -0.2) is 14.5 Å². The summed E-state index contributed by atoms with van der Waals surface area (Å²) in [5.41, 5.74) is -3.92. The number of benzene rings is 1. The van der Waals surface area contributed by atoms with Gasteiger partial charge in [0.2, 0.25) is 5.91 Å². The lowest BCUT2D eigenvalue weighted by atomic mass is 10.1. The quantitative estimate of drug-likeness (QED) is 0.328. The van der Waals surface area contributed by atoms with E-state index in [1.54, 1.807) is 0 Å². The van der Waals surface area contributed by atoms with Gasteiger partial charge in [0.15, 0.2) is 0 Å². The van der Waals surface area contributed by atoms with E-state index in [0.29, 0.717) is 16.7 Å². The first-order valence-corrected chi connectivity index (χ1v) is 8.84. The van der Waals surface area contributed by atoms with E-state index in [1.807, 2.05) is 0 Å². The van der Waals surface area contributed by atoms with E-state index >= 15 is 0 Å². The molecule has 0 bridgehead atoms. The second-order valence-corrected chi connectivity index (χ2v) is 6.41. The first kappa shape index (κ1) is 23.1. The molecule has 1 N–H and O–H groups in total. The maximum Gasteiger partial charge on any atom is 0.416 e. The number of amides is 1. The van der Waals surface area contributed by atoms with Crippen LogP contribution in [0, 0.1) is 10.1 Å². The summed E-state index contributed by atoms with van der Waals surface area (Å²) in [6.45, 7) is -0.850. The third-order valence-corrected chi connectivity index (χ3v) is 4.26. The summed E-state index contributed by atoms with van der Waals surface area (Å²) in [6, 6.07) is 3.19. The molecule has 15 heteroatoms. The number of anilines is 1. The van der Waals surface area contributed by atoms with Gasteiger partial charge >= 0.3 is 23.4 Å². The third kappa shape index (κ3) is 5.03. The lowest BCUT2D eigenvalue weighted by Crippen LogP contribution is -2.30. The number of pyridine rings is 1. The molecule has 0 unspecified atom stereocenters. The number of nitro groups is 1. The van der Waals surface area contributed by atoms with E-state index in [1.165, 1.54) is 6.33 Å². The van der Waals surface area contributed by atoms with Crippen molar-refractivity contribution in [3.05, 3.63) is 74.7 Å². The first-order chi connectivity index (χ1) is 15.5. The van der Waals surface area contributed by atoms with Gasteiger partial charge in [0.25, 0.3) is 0 Å². The highest BCUT2D eigenvalue weighted by Crippen LogP contribution is 2.33. The Morgan fingerprint density at radius 1 is 1.27 bits per heavy atom. The van der Waals surface area contributed by atoms with Gasteiger partial charge in [-0.2, -0.15) is 18.3 Å². The van der Waals surface area contributed by atoms with E-state index in [0.717, 1.165) is 36.4 Å². The van der Waals surface area contributed by atoms with Crippen molar-refractivity contribution in [2.75, 3.05) is 12.4 Å². The molecule has 0 atom stereocenters. The number of ether oxygens (including phenoxy) is 1. The standard InChI is InChI=1S/C18H13F3N6O6/c1-33-17(30)10-4-14(27(31)32)16(29)25(6-10)7-15(28)24-12-5-11(18(19,20)21)2-3-13(12)26-9-22-8-23-26/h2-6,8-9H,7H2,1H3,(H,24,28). The summed E-state index contributed by atoms with van der Waals surface area (Å²) in [5, 5.41) is 17.2. The second kappa shape index (κ2) is 8.89. The number of carbonyl (C=O) groups is 2. The molecule has 0 aliphatic heterocycles. The van der Waals surface area contributed by atoms with Crippen LogP contribution in [0.5, 0.6) is 0 Å². The summed E-state index contributed by atoms with van der Waals surface area (Å²) in [4.78, 5) is 50.4. The summed E-state index contributed by atoms with van der Waals surface area (Å²) >= 11 is 0. The highest BCUT2D eigenvalue weighted by atomic mass is 19.4. The van der Waals surface area contributed by atoms with Crippen molar-refractivity contribution < 1.29 is 32.4 Å². The fourth-order valence-corrected chi connectivity index (χ4v) is 2.79. The van der Waals surface area contributed by atoms with Crippen LogP contribution in [0.15, 0.2) is 47.9 Å². The SMILES string of the molecule is COC(=O)c1cc([N+](=O)[O-])c(=O)n(CC(=O)Nc2cc(C(F)(F)F)ccc2-n2cncn2)c1. The monoisotopic (exact) mass is 466 g/mol. The highest BCUT2D eigenvalue weighted by molar-refractivity contribution is 5.93. The zero-order valence-electron chi connectivity index (χ0n) is 16.6. The number of alkyl halides is 3. The number of rotatable bonds is 6. The number of nitrogens with one attached hydrogen (secondary N) is 1. The van der Waals surface area contributed by atoms with Gasteiger partial charge in [0.1, 0.15) is 19.2 Å². The van der Waals surface area contributed by atoms with Crippen LogP contribution >= 0.6 is 0 Å². The molecule has 0 saturated heterocycles. The summed E-state index contributed by atoms with van der Waals surface area (Å²) in [5.74, 6) is -2.01. The van der Waals surface area contributed by atoms with Crippen molar-refractivity contribution in [1.82, 2.24) is 19.3 Å². The molecule has 1 aromatic carbocycles. The van der Waals surface area contributed by atoms with Gasteiger partial charge < -0.3 is 10.1 Å². The second-order valence-electron chi connectivity index (χ2n) is 6.41. The molecule has 3 aromatic rings. The van der Waals surface area contributed by atoms with E-state index in [9.17, 15) is 37.7 Å². The van der Waals surface area contributed by atoms with Gasteiger partial charge in [-0.05, 0) is 18.2 Å². The summed E-state index contributed by atoms with van der Waals surface area (Å²) in [6.07, 6.45) is -1.54. The number of methoxy groups -OCH3 is 1. The van der Waals surface area contributed by atoms with Gasteiger partial charge in [0.05, 0.1) is 34.5 Å². The predicted molar refractivity (Wildman–Crippen MR) is 104 cm³/mol. The number of carbonyl (C=O) groups excluding carboxylic acids is 2. The smallest absolute Gasteiger partial charge is 0.416 e. The number of esters is 1. The Morgan fingerprint density at radius 3 is 2.58 bits per heavy atom. The topological polar surface area (TPSA) is 151 Å². The zero-order valence-corrected chi connectivity index (χ0v) is 16.6. The minimum Gasteiger partial charge on any atom is -0.465 e. The zero-order chi connectivity index (χ0) is 24.3. The molecule has 0 spiro atoms. The average molecular weight is 466 g/mol. The highest BCUT2D eigenvalue weighted by Gasteiger charge is 2.31. The fourth-order valence-electron chi connectivity index (χ4n) is 2.79. The van der Waals surface area contributed by atoms with Crippen LogP contribution in [0.25, 0.3) is 5.69 Å². The Balaban J connectivity index is 1.98. The maximum atomic E-state index is 13.2. The van der Waals surface area contributed by atoms with Gasteiger partial charge in [-0.3, -0.25) is 24.3 Å². The molecule has 0 fully saturated rings. The van der Waals surface area contributed by atoms with Crippen molar-refractivity contribution in [3.63, 3.8) is 0 Å². The van der Waals surface area contributed by atoms with Crippen molar-refractivity contribution in [1.29, 1.82) is 0 Å². The Hall–Kier alpha value is -4.56. The molecule has 0 aliphatic rings. The number of aromatic nitrogens is 4. The van der Waals surface area contributed by atoms with Crippen LogP contribution in [-0.2, 0) is 22.3 Å². The summed E-state index contributed by atoms with van der Waals surface area (Å²) in [7, 11) is 1.01. The predicted octanol–water partition coefficient (Wildman–Crippen LogP) is 1.78. The van der Waals surface area contributed by atoms with Gasteiger partial charge in [0, 0.05) is 12.3 Å². The first-order valence-electron chi connectivity index (χ1n) is 8.84. The van der Waals surface area contributed by atoms with Crippen LogP contribution in [-0.4, -0.2) is 43.2 Å². The Bertz CT molecular complexity index is 1290. The molecule has 0 radical (unpaired) electrons. The van der Waals surface area contributed by atoms with Crippen LogP contribution in [0.1, 0.15) is 15.9 Å². The van der Waals surface area contributed by atoms with E-state index < -0.39 is 46.3 Å². The van der Waals surface area contributed by atoms with Crippen molar-refractivity contribution in [2.24, 2.45) is 0 Å². The fraction of sp³-hybridized carbons (Fsp3) is 0.167. The number of hydrogen-bond donors (Lipinski definition) is 1. The minimum atomic E-state index is -4.72. The molecule has 3 rings (SSSR count). The Labute approximate surface area is 181 Å². The number of halogens is 3. The van der Waals surface area contributed by atoms with Crippen molar-refractivity contribution >= 4 is 23.3 Å². The molecule has 172 valence electrons. The Kier molecular flexibility index (Phi) is 6.23. The molecule has 33 heavy (non-hydrogen) atoms. The van der Waals surface area contributed by atoms with E-state index in [-0.39, 0.29) is 16.9 Å². The molecular formula is C18H13F3N6O6. The average Bonchev–Trinajstić information content (AvgIpc) is 3.28. The lowest BCUT2D eigenvalue weighted by Gasteiger charge is -2.15. The molecule has 0 aliphatic carbocycles. The van der Waals surface area contributed by atoms with E-state index in [4.69, 9.17) is 0 Å². The maximum absolute atomic E-state index is 13.2. The minimum absolute atomic E-state index is 0.0375. The number of hydrogen-bond acceptors (Lipinski definition) is 8. The normalized spacial score (nSPS) is 11.2. The third-order valence-electron chi connectivity index (χ3n) is 4.26. The lowest BCUT2D eigenvalue weighted by molar-refractivity contribution is -0.386.